The van der Waals surface area contributed by atoms with E-state index in [-0.39, 0.29) is 14.8 Å². The first-order chi connectivity index (χ1) is 11.3. The Kier molecular flexibility index (Phi) is 3.44. The highest BCUT2D eigenvalue weighted by molar-refractivity contribution is 8.13. The van der Waals surface area contributed by atoms with Crippen molar-refractivity contribution in [1.29, 1.82) is 0 Å². The molecule has 9 heteroatoms. The molecule has 3 heterocycles. The number of para-hydroxylation sites is 1. The molecular formula is C15H13ClN3O3S2+. The molecule has 124 valence electrons. The summed E-state index contributed by atoms with van der Waals surface area (Å²) < 4.78 is 25.0. The summed E-state index contributed by atoms with van der Waals surface area (Å²) in [6.45, 7) is 0.524. The van der Waals surface area contributed by atoms with Crippen LogP contribution in [0, 0.1) is 0 Å². The van der Waals surface area contributed by atoms with Gasteiger partial charge in [0, 0.05) is 30.2 Å². The molecule has 1 spiro atoms. The lowest BCUT2D eigenvalue weighted by Gasteiger charge is -2.36. The molecule has 1 amide bonds. The highest BCUT2D eigenvalue weighted by atomic mass is 35.7. The number of fused-ring (bicyclic) bond motifs is 3. The number of amides is 1. The summed E-state index contributed by atoms with van der Waals surface area (Å²) in [5, 5.41) is -0.175. The van der Waals surface area contributed by atoms with Crippen molar-refractivity contribution in [3.05, 3.63) is 47.7 Å². The third-order valence-electron chi connectivity index (χ3n) is 4.29. The second-order valence-corrected chi connectivity index (χ2v) is 9.52. The van der Waals surface area contributed by atoms with Crippen LogP contribution in [0.5, 0.6) is 0 Å². The summed E-state index contributed by atoms with van der Waals surface area (Å²) in [5.74, 6) is -0.0178. The summed E-state index contributed by atoms with van der Waals surface area (Å²) in [5.41, 5.74) is 2.85. The van der Waals surface area contributed by atoms with Crippen LogP contribution in [0.1, 0.15) is 16.1 Å². The van der Waals surface area contributed by atoms with Crippen molar-refractivity contribution in [3.63, 3.8) is 0 Å². The second-order valence-electron chi connectivity index (χ2n) is 5.67. The molecule has 0 bridgehead atoms. The van der Waals surface area contributed by atoms with Crippen molar-refractivity contribution >= 4 is 49.1 Å². The van der Waals surface area contributed by atoms with Crippen molar-refractivity contribution in [2.75, 3.05) is 17.9 Å². The van der Waals surface area contributed by atoms with Gasteiger partial charge in [0.05, 0.1) is 5.69 Å². The number of pyridine rings is 1. The SMILES string of the molecule is CN1S[N+]2(CCc3nc(S(=O)(=O)Cl)ccc32)C(=O)c2ccccc21. The number of anilines is 1. The number of benzene rings is 1. The van der Waals surface area contributed by atoms with Gasteiger partial charge in [-0.25, -0.2) is 18.2 Å². The predicted molar refractivity (Wildman–Crippen MR) is 94.4 cm³/mol. The molecular weight excluding hydrogens is 370 g/mol. The molecule has 2 aromatic rings. The van der Waals surface area contributed by atoms with Crippen LogP contribution in [0.3, 0.4) is 0 Å². The standard InChI is InChI=1S/C15H13ClN3O3S2/c1-18-12-5-3-2-4-10(12)15(20)19(23-18)9-8-11-13(19)6-7-14(17-11)24(16,21)22/h2-7H,8-9H2,1H3/q+1. The summed E-state index contributed by atoms with van der Waals surface area (Å²) in [6.07, 6.45) is 0.518. The molecule has 6 nitrogen and oxygen atoms in total. The molecule has 1 atom stereocenters. The highest BCUT2D eigenvalue weighted by Gasteiger charge is 2.53. The zero-order valence-electron chi connectivity index (χ0n) is 12.6. The smallest absolute Gasteiger partial charge is 0.269 e. The normalized spacial score (nSPS) is 22.6. The first-order valence-corrected chi connectivity index (χ1v) is 10.3. The molecule has 0 saturated carbocycles. The lowest BCUT2D eigenvalue weighted by Crippen LogP contribution is -2.52. The number of aromatic nitrogens is 1. The Hall–Kier alpha value is -1.61. The average Bonchev–Trinajstić information content (AvgIpc) is 2.91. The maximum atomic E-state index is 13.2. The van der Waals surface area contributed by atoms with Crippen molar-refractivity contribution in [2.24, 2.45) is 0 Å². The van der Waals surface area contributed by atoms with Gasteiger partial charge in [0.25, 0.3) is 9.05 Å². The van der Waals surface area contributed by atoms with Crippen LogP contribution in [-0.4, -0.2) is 32.9 Å². The Morgan fingerprint density at radius 3 is 2.75 bits per heavy atom. The number of rotatable bonds is 1. The molecule has 24 heavy (non-hydrogen) atoms. The topological polar surface area (TPSA) is 67.3 Å². The third kappa shape index (κ3) is 2.17. The molecule has 4 rings (SSSR count). The summed E-state index contributed by atoms with van der Waals surface area (Å²) in [4.78, 5) is 17.4. The molecule has 0 fully saturated rings. The Bertz CT molecular complexity index is 980. The number of hydrogen-bond donors (Lipinski definition) is 0. The number of nitrogens with zero attached hydrogens (tertiary/aromatic N) is 3. The fourth-order valence-corrected chi connectivity index (χ4v) is 5.19. The third-order valence-corrected chi connectivity index (χ3v) is 6.76. The monoisotopic (exact) mass is 382 g/mol. The molecule has 0 N–H and O–H groups in total. The minimum Gasteiger partial charge on any atom is -0.269 e. The van der Waals surface area contributed by atoms with Crippen LogP contribution in [0.2, 0.25) is 0 Å². The van der Waals surface area contributed by atoms with Gasteiger partial charge in [-0.05, 0) is 18.2 Å². The molecule has 2 aliphatic rings. The molecule has 0 radical (unpaired) electrons. The second kappa shape index (κ2) is 5.19. The van der Waals surface area contributed by atoms with Gasteiger partial charge in [-0.3, -0.25) is 4.31 Å². The maximum Gasteiger partial charge on any atom is 0.366 e. The van der Waals surface area contributed by atoms with Crippen molar-refractivity contribution in [3.8, 4) is 0 Å². The van der Waals surface area contributed by atoms with Gasteiger partial charge in [0.2, 0.25) is 12.1 Å². The summed E-state index contributed by atoms with van der Waals surface area (Å²) >= 11 is 1.40. The van der Waals surface area contributed by atoms with E-state index in [1.807, 2.05) is 35.6 Å². The van der Waals surface area contributed by atoms with Gasteiger partial charge < -0.3 is 0 Å². The minimum atomic E-state index is -3.89. The Balaban J connectivity index is 1.87. The first kappa shape index (κ1) is 15.9. The molecule has 1 aromatic carbocycles. The quantitative estimate of drug-likeness (QED) is 0.429. The van der Waals surface area contributed by atoms with Crippen molar-refractivity contribution in [2.45, 2.75) is 11.4 Å². The zero-order valence-corrected chi connectivity index (χ0v) is 15.0. The molecule has 1 aromatic heterocycles. The lowest BCUT2D eigenvalue weighted by atomic mass is 10.1. The molecule has 0 saturated heterocycles. The molecule has 0 aliphatic carbocycles. The van der Waals surface area contributed by atoms with Crippen molar-refractivity contribution < 1.29 is 13.2 Å². The van der Waals surface area contributed by atoms with E-state index in [0.29, 0.717) is 24.2 Å². The van der Waals surface area contributed by atoms with Gasteiger partial charge in [0.1, 0.15) is 17.8 Å². The number of hydrogen-bond acceptors (Lipinski definition) is 6. The number of halogens is 1. The largest absolute Gasteiger partial charge is 0.366 e. The van der Waals surface area contributed by atoms with E-state index in [9.17, 15) is 13.2 Å². The van der Waals surface area contributed by atoms with Crippen LogP contribution in [0.25, 0.3) is 0 Å². The molecule has 2 aliphatic heterocycles. The van der Waals surface area contributed by atoms with Crippen LogP contribution < -0.4 is 8.19 Å². The van der Waals surface area contributed by atoms with Gasteiger partial charge in [-0.1, -0.05) is 12.1 Å². The fourth-order valence-electron chi connectivity index (χ4n) is 3.22. The summed E-state index contributed by atoms with van der Waals surface area (Å²) in [6, 6.07) is 10.5. The highest BCUT2D eigenvalue weighted by Crippen LogP contribution is 2.48. The molecule has 1 unspecified atom stereocenters. The Morgan fingerprint density at radius 2 is 2.00 bits per heavy atom. The first-order valence-electron chi connectivity index (χ1n) is 7.23. The zero-order chi connectivity index (χ0) is 17.1. The van der Waals surface area contributed by atoms with Gasteiger partial charge in [0.15, 0.2) is 10.7 Å². The Morgan fingerprint density at radius 1 is 1.25 bits per heavy atom. The number of quaternary nitrogens is 1. The van der Waals surface area contributed by atoms with Crippen LogP contribution in [-0.2, 0) is 15.5 Å². The van der Waals surface area contributed by atoms with Crippen LogP contribution in [0.4, 0.5) is 11.4 Å². The van der Waals surface area contributed by atoms with Gasteiger partial charge in [-0.2, -0.15) is 0 Å². The van der Waals surface area contributed by atoms with Gasteiger partial charge >= 0.3 is 5.91 Å². The van der Waals surface area contributed by atoms with Crippen LogP contribution >= 0.6 is 22.8 Å². The van der Waals surface area contributed by atoms with E-state index in [2.05, 4.69) is 4.98 Å². The average molecular weight is 383 g/mol. The van der Waals surface area contributed by atoms with Crippen LogP contribution in [0.15, 0.2) is 41.4 Å². The van der Waals surface area contributed by atoms with Gasteiger partial charge in [-0.15, -0.1) is 3.89 Å². The van der Waals surface area contributed by atoms with E-state index < -0.39 is 9.05 Å². The van der Waals surface area contributed by atoms with E-state index in [0.717, 1.165) is 11.4 Å². The van der Waals surface area contributed by atoms with E-state index >= 15 is 0 Å². The fraction of sp³-hybridized carbons (Fsp3) is 0.200. The number of carbonyl (C=O) groups is 1. The number of carbonyl (C=O) groups excluding carboxylic acids is 1. The summed E-state index contributed by atoms with van der Waals surface area (Å²) in [7, 11) is 3.41. The van der Waals surface area contributed by atoms with E-state index in [1.165, 1.54) is 18.2 Å². The minimum absolute atomic E-state index is 0.0178. The maximum absolute atomic E-state index is 13.2. The predicted octanol–water partition coefficient (Wildman–Crippen LogP) is 2.73. The van der Waals surface area contributed by atoms with E-state index in [4.69, 9.17) is 10.7 Å². The van der Waals surface area contributed by atoms with Crippen molar-refractivity contribution in [1.82, 2.24) is 8.87 Å². The Labute approximate surface area is 148 Å². The lowest BCUT2D eigenvalue weighted by molar-refractivity contribution is 0.0880. The van der Waals surface area contributed by atoms with E-state index in [1.54, 1.807) is 6.07 Å².